The molecule has 0 spiro atoms. The first-order valence-electron chi connectivity index (χ1n) is 7.25. The zero-order valence-corrected chi connectivity index (χ0v) is 13.4. The van der Waals surface area contributed by atoms with Crippen LogP contribution in [0.4, 0.5) is 5.69 Å². The maximum atomic E-state index is 12.6. The summed E-state index contributed by atoms with van der Waals surface area (Å²) in [6.45, 7) is 0. The third-order valence-corrected chi connectivity index (χ3v) is 4.18. The normalized spacial score (nSPS) is 11.0. The molecule has 0 bridgehead atoms. The maximum Gasteiger partial charge on any atom is 0.279 e. The van der Waals surface area contributed by atoms with Crippen LogP contribution >= 0.6 is 12.2 Å². The largest absolute Gasteiger partial charge is 0.436 e. The number of aromatic nitrogens is 2. The zero-order chi connectivity index (χ0) is 17.6. The average Bonchev–Trinajstić information content (AvgIpc) is 2.95. The number of non-ortho nitro benzene ring substituents is 1. The van der Waals surface area contributed by atoms with Gasteiger partial charge in [-0.25, -0.2) is 0 Å². The summed E-state index contributed by atoms with van der Waals surface area (Å²) in [4.78, 5) is 22.8. The minimum absolute atomic E-state index is 0.0953. The lowest BCUT2D eigenvalue weighted by atomic mass is 10.2. The summed E-state index contributed by atoms with van der Waals surface area (Å²) in [5.74, 6) is -0.214. The molecular weight excluding hydrogens is 342 g/mol. The molecule has 0 unspecified atom stereocenters. The number of rotatable bonds is 2. The lowest BCUT2D eigenvalue weighted by Gasteiger charge is -1.99. The fourth-order valence-electron chi connectivity index (χ4n) is 2.53. The van der Waals surface area contributed by atoms with E-state index in [1.165, 1.54) is 24.3 Å². The molecule has 0 amide bonds. The molecule has 122 valence electrons. The predicted molar refractivity (Wildman–Crippen MR) is 92.3 cm³/mol. The number of nitro benzene ring substituents is 1. The van der Waals surface area contributed by atoms with Crippen molar-refractivity contribution < 1.29 is 14.1 Å². The van der Waals surface area contributed by atoms with Gasteiger partial charge in [0.25, 0.3) is 11.6 Å². The molecule has 0 aliphatic carbocycles. The first-order valence-corrected chi connectivity index (χ1v) is 7.66. The Morgan fingerprint density at radius 2 is 1.88 bits per heavy atom. The van der Waals surface area contributed by atoms with Gasteiger partial charge in [0.15, 0.2) is 0 Å². The minimum Gasteiger partial charge on any atom is -0.436 e. The molecule has 7 nitrogen and oxygen atoms in total. The summed E-state index contributed by atoms with van der Waals surface area (Å²) in [7, 11) is 0. The monoisotopic (exact) mass is 351 g/mol. The van der Waals surface area contributed by atoms with E-state index in [1.807, 2.05) is 24.3 Å². The van der Waals surface area contributed by atoms with E-state index >= 15 is 0 Å². The molecule has 25 heavy (non-hydrogen) atoms. The van der Waals surface area contributed by atoms with Crippen molar-refractivity contribution >= 4 is 34.8 Å². The molecule has 8 heteroatoms. The Kier molecular flexibility index (Phi) is 3.40. The second-order valence-electron chi connectivity index (χ2n) is 5.33. The highest BCUT2D eigenvalue weighted by atomic mass is 32.1. The number of para-hydroxylation sites is 1. The van der Waals surface area contributed by atoms with E-state index in [4.69, 9.17) is 16.6 Å². The molecule has 0 atom stereocenters. The van der Waals surface area contributed by atoms with E-state index in [0.717, 1.165) is 10.1 Å². The third-order valence-electron chi connectivity index (χ3n) is 3.79. The van der Waals surface area contributed by atoms with Crippen LogP contribution in [0.15, 0.2) is 59.0 Å². The van der Waals surface area contributed by atoms with Crippen molar-refractivity contribution in [1.29, 1.82) is 0 Å². The van der Waals surface area contributed by atoms with Crippen LogP contribution in [-0.4, -0.2) is 20.6 Å². The van der Waals surface area contributed by atoms with Crippen LogP contribution < -0.4 is 0 Å². The number of fused-ring (bicyclic) bond motifs is 2. The lowest BCUT2D eigenvalue weighted by molar-refractivity contribution is -0.384. The van der Waals surface area contributed by atoms with Gasteiger partial charge >= 0.3 is 0 Å². The fraction of sp³-hybridized carbons (Fsp3) is 0. The van der Waals surface area contributed by atoms with Gasteiger partial charge < -0.3 is 4.42 Å². The van der Waals surface area contributed by atoms with Crippen LogP contribution in [0.1, 0.15) is 10.4 Å². The highest BCUT2D eigenvalue weighted by molar-refractivity contribution is 7.71. The Labute approximate surface area is 145 Å². The Hall–Kier alpha value is -3.39. The summed E-state index contributed by atoms with van der Waals surface area (Å²) in [5, 5.41) is 15.7. The first kappa shape index (κ1) is 15.2. The molecule has 2 aromatic rings. The van der Waals surface area contributed by atoms with Gasteiger partial charge in [-0.3, -0.25) is 14.9 Å². The highest BCUT2D eigenvalue weighted by Crippen LogP contribution is 2.28. The van der Waals surface area contributed by atoms with Crippen molar-refractivity contribution in [1.82, 2.24) is 9.78 Å². The second kappa shape index (κ2) is 5.60. The number of hydrogen-bond donors (Lipinski definition) is 0. The standard InChI is InChI=1S/C17H9N3O4S/c21-16(10-5-7-12(8-6-10)20(22)23)19-17(25)13-9-11-3-1-2-4-14(11)24-15(13)18-19/h1-9H. The fourth-order valence-corrected chi connectivity index (χ4v) is 2.80. The summed E-state index contributed by atoms with van der Waals surface area (Å²) in [5.41, 5.74) is 1.34. The summed E-state index contributed by atoms with van der Waals surface area (Å²) < 4.78 is 7.01. The molecule has 0 saturated heterocycles. The van der Waals surface area contributed by atoms with Gasteiger partial charge in [-0.1, -0.05) is 30.4 Å². The summed E-state index contributed by atoms with van der Waals surface area (Å²) >= 11 is 5.34. The van der Waals surface area contributed by atoms with Crippen LogP contribution in [0.3, 0.4) is 0 Å². The van der Waals surface area contributed by atoms with Gasteiger partial charge in [0.1, 0.15) is 10.2 Å². The molecule has 0 radical (unpaired) electrons. The van der Waals surface area contributed by atoms with E-state index in [2.05, 4.69) is 5.10 Å². The number of nitro groups is 1. The predicted octanol–water partition coefficient (Wildman–Crippen LogP) is 4.06. The Bertz CT molecular complexity index is 1160. The van der Waals surface area contributed by atoms with E-state index in [9.17, 15) is 14.9 Å². The van der Waals surface area contributed by atoms with E-state index in [-0.39, 0.29) is 21.8 Å². The smallest absolute Gasteiger partial charge is 0.279 e. The van der Waals surface area contributed by atoms with Crippen molar-refractivity contribution in [2.75, 3.05) is 0 Å². The van der Waals surface area contributed by atoms with Gasteiger partial charge in [-0.05, 0) is 24.3 Å². The van der Waals surface area contributed by atoms with E-state index < -0.39 is 10.8 Å². The quantitative estimate of drug-likeness (QED) is 0.307. The lowest BCUT2D eigenvalue weighted by Crippen LogP contribution is -2.13. The zero-order valence-electron chi connectivity index (χ0n) is 12.6. The molecule has 2 aliphatic rings. The molecule has 0 saturated carbocycles. The first-order chi connectivity index (χ1) is 12.0. The van der Waals surface area contributed by atoms with Crippen LogP contribution in [0.5, 0.6) is 0 Å². The van der Waals surface area contributed by atoms with Crippen LogP contribution in [0, 0.1) is 14.8 Å². The Balaban J connectivity index is 1.83. The third kappa shape index (κ3) is 2.48. The van der Waals surface area contributed by atoms with Crippen molar-refractivity contribution in [3.8, 4) is 11.5 Å². The minimum atomic E-state index is -0.528. The average molecular weight is 351 g/mol. The number of carbonyl (C=O) groups is 1. The van der Waals surface area contributed by atoms with Gasteiger partial charge in [-0.2, -0.15) is 4.68 Å². The molecule has 0 fully saturated rings. The van der Waals surface area contributed by atoms with Crippen molar-refractivity contribution in [3.05, 3.63) is 74.9 Å². The van der Waals surface area contributed by atoms with Gasteiger partial charge in [0, 0.05) is 23.1 Å². The topological polar surface area (TPSA) is 91.2 Å². The van der Waals surface area contributed by atoms with Gasteiger partial charge in [0.2, 0.25) is 5.89 Å². The van der Waals surface area contributed by atoms with Crippen LogP contribution in [0.2, 0.25) is 0 Å². The molecule has 2 aliphatic heterocycles. The van der Waals surface area contributed by atoms with Crippen molar-refractivity contribution in [2.45, 2.75) is 0 Å². The van der Waals surface area contributed by atoms with Crippen molar-refractivity contribution in [3.63, 3.8) is 0 Å². The maximum absolute atomic E-state index is 12.6. The number of carbonyl (C=O) groups excluding carboxylic acids is 1. The molecule has 2 heterocycles. The molecule has 2 aromatic carbocycles. The Morgan fingerprint density at radius 1 is 1.16 bits per heavy atom. The number of benzene rings is 2. The highest BCUT2D eigenvalue weighted by Gasteiger charge is 2.21. The summed E-state index contributed by atoms with van der Waals surface area (Å²) in [6.07, 6.45) is 0. The molecular formula is C17H9N3O4S. The molecule has 0 aromatic heterocycles. The SMILES string of the molecule is O=C(c1ccc([N+](=O)[O-])cc1)n1nc2oc3ccccc3cc-2c1=S. The van der Waals surface area contributed by atoms with Crippen LogP contribution in [-0.2, 0) is 0 Å². The Morgan fingerprint density at radius 3 is 2.60 bits per heavy atom. The van der Waals surface area contributed by atoms with Crippen LogP contribution in [0.25, 0.3) is 22.4 Å². The number of hydrogen-bond acceptors (Lipinski definition) is 6. The van der Waals surface area contributed by atoms with E-state index in [0.29, 0.717) is 11.1 Å². The second-order valence-corrected chi connectivity index (χ2v) is 5.72. The molecule has 0 N–H and O–H groups in total. The van der Waals surface area contributed by atoms with E-state index in [1.54, 1.807) is 6.07 Å². The van der Waals surface area contributed by atoms with Gasteiger partial charge in [0.05, 0.1) is 10.5 Å². The molecule has 4 rings (SSSR count). The van der Waals surface area contributed by atoms with Crippen molar-refractivity contribution in [2.24, 2.45) is 0 Å². The van der Waals surface area contributed by atoms with Gasteiger partial charge in [-0.15, -0.1) is 5.10 Å². The summed E-state index contributed by atoms with van der Waals surface area (Å²) in [6, 6.07) is 14.5. The number of nitrogens with zero attached hydrogens (tertiary/aromatic N) is 3.